The van der Waals surface area contributed by atoms with Gasteiger partial charge in [0.2, 0.25) is 5.91 Å². The molecule has 0 aliphatic heterocycles. The summed E-state index contributed by atoms with van der Waals surface area (Å²) in [6.07, 6.45) is 0.439. The summed E-state index contributed by atoms with van der Waals surface area (Å²) in [4.78, 5) is 11.5. The first kappa shape index (κ1) is 12.7. The van der Waals surface area contributed by atoms with E-state index in [1.807, 2.05) is 31.2 Å². The molecule has 1 N–H and O–H groups in total. The van der Waals surface area contributed by atoms with Gasteiger partial charge >= 0.3 is 0 Å². The minimum Gasteiger partial charge on any atom is -0.326 e. The van der Waals surface area contributed by atoms with Crippen molar-refractivity contribution in [3.63, 3.8) is 0 Å². The summed E-state index contributed by atoms with van der Waals surface area (Å²) in [6, 6.07) is 7.38. The standard InChI is InChI=1S/C11H12BrN5O/c1-8-14-15-16-17(8)10-4-2-3-9(7-10)13-11(18)5-6-12/h2-4,7H,5-6H2,1H3,(H,13,18). The lowest BCUT2D eigenvalue weighted by atomic mass is 10.2. The molecule has 0 unspecified atom stereocenters. The molecule has 0 radical (unpaired) electrons. The third-order valence-corrected chi connectivity index (χ3v) is 2.72. The van der Waals surface area contributed by atoms with Gasteiger partial charge in [0.25, 0.3) is 0 Å². The molecule has 0 saturated carbocycles. The topological polar surface area (TPSA) is 72.7 Å². The highest BCUT2D eigenvalue weighted by molar-refractivity contribution is 9.09. The van der Waals surface area contributed by atoms with Gasteiger partial charge in [0.1, 0.15) is 0 Å². The number of halogens is 1. The molecule has 0 aliphatic rings. The van der Waals surface area contributed by atoms with Gasteiger partial charge in [-0.25, -0.2) is 0 Å². The van der Waals surface area contributed by atoms with E-state index in [1.165, 1.54) is 0 Å². The molecule has 0 bridgehead atoms. The highest BCUT2D eigenvalue weighted by Gasteiger charge is 2.06. The fraction of sp³-hybridized carbons (Fsp3) is 0.273. The van der Waals surface area contributed by atoms with Crippen LogP contribution in [0.2, 0.25) is 0 Å². The molecule has 1 aromatic heterocycles. The van der Waals surface area contributed by atoms with E-state index in [9.17, 15) is 4.79 Å². The first-order valence-electron chi connectivity index (χ1n) is 5.42. The van der Waals surface area contributed by atoms with Crippen LogP contribution < -0.4 is 5.32 Å². The molecule has 18 heavy (non-hydrogen) atoms. The Kier molecular flexibility index (Phi) is 4.03. The minimum absolute atomic E-state index is 0.0301. The lowest BCUT2D eigenvalue weighted by Crippen LogP contribution is -2.12. The van der Waals surface area contributed by atoms with Gasteiger partial charge in [-0.1, -0.05) is 22.0 Å². The Morgan fingerprint density at radius 1 is 1.50 bits per heavy atom. The van der Waals surface area contributed by atoms with E-state index < -0.39 is 0 Å². The summed E-state index contributed by atoms with van der Waals surface area (Å²) in [5, 5.41) is 14.7. The average molecular weight is 310 g/mol. The third-order valence-electron chi connectivity index (χ3n) is 2.32. The van der Waals surface area contributed by atoms with Crippen molar-refractivity contribution in [1.82, 2.24) is 20.2 Å². The number of carbonyl (C=O) groups is 1. The van der Waals surface area contributed by atoms with Crippen LogP contribution in [0.1, 0.15) is 12.2 Å². The van der Waals surface area contributed by atoms with Crippen LogP contribution in [0.4, 0.5) is 5.69 Å². The predicted molar refractivity (Wildman–Crippen MR) is 70.9 cm³/mol. The zero-order valence-corrected chi connectivity index (χ0v) is 11.4. The third kappa shape index (κ3) is 2.92. The van der Waals surface area contributed by atoms with Crippen LogP contribution in [0.25, 0.3) is 5.69 Å². The summed E-state index contributed by atoms with van der Waals surface area (Å²) < 4.78 is 1.61. The van der Waals surface area contributed by atoms with Crippen molar-refractivity contribution >= 4 is 27.5 Å². The maximum absolute atomic E-state index is 11.5. The van der Waals surface area contributed by atoms with Crippen LogP contribution >= 0.6 is 15.9 Å². The van der Waals surface area contributed by atoms with Crippen LogP contribution in [-0.4, -0.2) is 31.4 Å². The van der Waals surface area contributed by atoms with E-state index in [0.717, 1.165) is 11.4 Å². The Morgan fingerprint density at radius 2 is 2.33 bits per heavy atom. The number of rotatable bonds is 4. The van der Waals surface area contributed by atoms with Crippen LogP contribution in [0, 0.1) is 6.92 Å². The number of aromatic nitrogens is 4. The number of amides is 1. The average Bonchev–Trinajstić information content (AvgIpc) is 2.76. The first-order valence-corrected chi connectivity index (χ1v) is 6.54. The summed E-state index contributed by atoms with van der Waals surface area (Å²) in [6.45, 7) is 1.82. The molecule has 1 amide bonds. The van der Waals surface area contributed by atoms with E-state index in [0.29, 0.717) is 17.6 Å². The van der Waals surface area contributed by atoms with Gasteiger partial charge in [-0.3, -0.25) is 4.79 Å². The normalized spacial score (nSPS) is 10.3. The van der Waals surface area contributed by atoms with Gasteiger partial charge in [-0.05, 0) is 35.5 Å². The maximum Gasteiger partial charge on any atom is 0.225 e. The predicted octanol–water partition coefficient (Wildman–Crippen LogP) is 1.69. The molecule has 7 heteroatoms. The second-order valence-corrected chi connectivity index (χ2v) is 4.47. The van der Waals surface area contributed by atoms with Gasteiger partial charge in [-0.2, -0.15) is 4.68 Å². The molecule has 0 fully saturated rings. The number of alkyl halides is 1. The van der Waals surface area contributed by atoms with Gasteiger partial charge in [0.15, 0.2) is 5.82 Å². The first-order chi connectivity index (χ1) is 8.70. The summed E-state index contributed by atoms with van der Waals surface area (Å²) in [7, 11) is 0. The zero-order valence-electron chi connectivity index (χ0n) is 9.80. The largest absolute Gasteiger partial charge is 0.326 e. The molecule has 2 rings (SSSR count). The summed E-state index contributed by atoms with van der Waals surface area (Å²) in [5.41, 5.74) is 1.54. The van der Waals surface area contributed by atoms with Crippen LogP contribution in [0.5, 0.6) is 0 Å². The molecular weight excluding hydrogens is 298 g/mol. The van der Waals surface area contributed by atoms with Crippen LogP contribution in [0.15, 0.2) is 24.3 Å². The second-order valence-electron chi connectivity index (χ2n) is 3.68. The number of hydrogen-bond donors (Lipinski definition) is 1. The Bertz CT molecular complexity index is 554. The number of nitrogens with zero attached hydrogens (tertiary/aromatic N) is 4. The van der Waals surface area contributed by atoms with E-state index in [1.54, 1.807) is 4.68 Å². The fourth-order valence-corrected chi connectivity index (χ4v) is 1.86. The fourth-order valence-electron chi connectivity index (χ4n) is 1.49. The van der Waals surface area contributed by atoms with Crippen molar-refractivity contribution in [1.29, 1.82) is 0 Å². The highest BCUT2D eigenvalue weighted by Crippen LogP contribution is 2.14. The Hall–Kier alpha value is -1.76. The molecule has 2 aromatic rings. The van der Waals surface area contributed by atoms with Crippen molar-refractivity contribution in [2.24, 2.45) is 0 Å². The van der Waals surface area contributed by atoms with E-state index in [-0.39, 0.29) is 5.91 Å². The van der Waals surface area contributed by atoms with E-state index in [4.69, 9.17) is 0 Å². The molecule has 0 spiro atoms. The molecular formula is C11H12BrN5O. The van der Waals surface area contributed by atoms with Crippen molar-refractivity contribution in [3.05, 3.63) is 30.1 Å². The molecule has 0 aliphatic carbocycles. The lowest BCUT2D eigenvalue weighted by Gasteiger charge is -2.06. The van der Waals surface area contributed by atoms with Crippen molar-refractivity contribution in [3.8, 4) is 5.69 Å². The summed E-state index contributed by atoms with van der Waals surface area (Å²) in [5.74, 6) is 0.663. The number of carbonyl (C=O) groups excluding carboxylic acids is 1. The van der Waals surface area contributed by atoms with Gasteiger partial charge in [0, 0.05) is 17.4 Å². The molecule has 1 aromatic carbocycles. The summed E-state index contributed by atoms with van der Waals surface area (Å²) >= 11 is 3.23. The Balaban J connectivity index is 2.20. The molecule has 6 nitrogen and oxygen atoms in total. The smallest absolute Gasteiger partial charge is 0.225 e. The van der Waals surface area contributed by atoms with E-state index >= 15 is 0 Å². The van der Waals surface area contributed by atoms with Crippen LogP contribution in [0.3, 0.4) is 0 Å². The SMILES string of the molecule is Cc1nnnn1-c1cccc(NC(=O)CCBr)c1. The number of hydrogen-bond acceptors (Lipinski definition) is 4. The van der Waals surface area contributed by atoms with Gasteiger partial charge in [-0.15, -0.1) is 5.10 Å². The van der Waals surface area contributed by atoms with Crippen molar-refractivity contribution < 1.29 is 4.79 Å². The minimum atomic E-state index is -0.0301. The highest BCUT2D eigenvalue weighted by atomic mass is 79.9. The second kappa shape index (κ2) is 5.72. The van der Waals surface area contributed by atoms with Crippen molar-refractivity contribution in [2.45, 2.75) is 13.3 Å². The van der Waals surface area contributed by atoms with Gasteiger partial charge in [0.05, 0.1) is 5.69 Å². The Labute approximate surface area is 113 Å². The maximum atomic E-state index is 11.5. The number of nitrogens with one attached hydrogen (secondary N) is 1. The number of anilines is 1. The number of aryl methyl sites for hydroxylation is 1. The molecule has 1 heterocycles. The quantitative estimate of drug-likeness (QED) is 0.872. The molecule has 0 atom stereocenters. The number of tetrazole rings is 1. The van der Waals surface area contributed by atoms with E-state index in [2.05, 4.69) is 36.8 Å². The van der Waals surface area contributed by atoms with Crippen molar-refractivity contribution in [2.75, 3.05) is 10.6 Å². The zero-order chi connectivity index (χ0) is 13.0. The monoisotopic (exact) mass is 309 g/mol. The molecule has 94 valence electrons. The Morgan fingerprint density at radius 3 is 3.00 bits per heavy atom. The van der Waals surface area contributed by atoms with Crippen LogP contribution in [-0.2, 0) is 4.79 Å². The van der Waals surface area contributed by atoms with Gasteiger partial charge < -0.3 is 5.32 Å². The number of benzene rings is 1. The lowest BCUT2D eigenvalue weighted by molar-refractivity contribution is -0.115. The molecule has 0 saturated heterocycles.